The van der Waals surface area contributed by atoms with Gasteiger partial charge in [0.15, 0.2) is 0 Å². The van der Waals surface area contributed by atoms with Gasteiger partial charge in [0.05, 0.1) is 6.67 Å². The van der Waals surface area contributed by atoms with E-state index in [2.05, 4.69) is 10.2 Å². The van der Waals surface area contributed by atoms with Gasteiger partial charge in [0.2, 0.25) is 0 Å². The van der Waals surface area contributed by atoms with E-state index in [9.17, 15) is 4.79 Å². The summed E-state index contributed by atoms with van der Waals surface area (Å²) in [6.45, 7) is 2.54. The fraction of sp³-hybridized carbons (Fsp3) is 0.833. The lowest BCUT2D eigenvalue weighted by Crippen LogP contribution is -2.34. The molecule has 0 aromatic carbocycles. The Hall–Kier alpha value is -0.770. The van der Waals surface area contributed by atoms with Crippen LogP contribution in [0.25, 0.3) is 0 Å². The zero-order valence-corrected chi connectivity index (χ0v) is 5.84. The number of amides is 1. The predicted octanol–water partition coefficient (Wildman–Crippen LogP) is 0.307. The highest BCUT2D eigenvalue weighted by atomic mass is 16.4. The van der Waals surface area contributed by atoms with E-state index in [-0.39, 0.29) is 0 Å². The van der Waals surface area contributed by atoms with Crippen molar-refractivity contribution >= 4 is 6.09 Å². The highest BCUT2D eigenvalue weighted by Gasteiger charge is 2.10. The van der Waals surface area contributed by atoms with Crippen LogP contribution in [-0.4, -0.2) is 35.9 Å². The van der Waals surface area contributed by atoms with Crippen molar-refractivity contribution in [1.29, 1.82) is 0 Å². The van der Waals surface area contributed by atoms with E-state index in [1.165, 1.54) is 12.8 Å². The quantitative estimate of drug-likeness (QED) is 0.586. The summed E-state index contributed by atoms with van der Waals surface area (Å²) < 4.78 is 0. The average Bonchev–Trinajstić information content (AvgIpc) is 2.34. The van der Waals surface area contributed by atoms with Crippen LogP contribution in [0.2, 0.25) is 0 Å². The number of rotatable bonds is 2. The molecular formula is C6H12N2O2. The van der Waals surface area contributed by atoms with Crippen LogP contribution in [-0.2, 0) is 0 Å². The lowest BCUT2D eigenvalue weighted by molar-refractivity contribution is 0.185. The van der Waals surface area contributed by atoms with Gasteiger partial charge in [-0.25, -0.2) is 4.79 Å². The number of nitrogens with zero attached hydrogens (tertiary/aromatic N) is 1. The largest absolute Gasteiger partial charge is 0.465 e. The number of carboxylic acid groups (broad SMARTS) is 1. The SMILES string of the molecule is O=C(O)NCN1CCCC1. The second kappa shape index (κ2) is 3.41. The van der Waals surface area contributed by atoms with Gasteiger partial charge >= 0.3 is 6.09 Å². The van der Waals surface area contributed by atoms with Crippen LogP contribution in [0, 0.1) is 0 Å². The Kier molecular flexibility index (Phi) is 2.50. The highest BCUT2D eigenvalue weighted by Crippen LogP contribution is 2.04. The molecule has 58 valence electrons. The standard InChI is InChI=1S/C6H12N2O2/c9-6(10)7-5-8-3-1-2-4-8/h7H,1-5H2,(H,9,10). The minimum absolute atomic E-state index is 0.481. The molecule has 0 radical (unpaired) electrons. The van der Waals surface area contributed by atoms with Gasteiger partial charge in [-0.15, -0.1) is 0 Å². The Labute approximate surface area is 59.8 Å². The maximum Gasteiger partial charge on any atom is 0.405 e. The fourth-order valence-corrected chi connectivity index (χ4v) is 1.12. The minimum atomic E-state index is -0.938. The molecule has 1 fully saturated rings. The Bertz CT molecular complexity index is 121. The van der Waals surface area contributed by atoms with E-state index in [1.807, 2.05) is 0 Å². The van der Waals surface area contributed by atoms with Crippen molar-refractivity contribution in [2.45, 2.75) is 12.8 Å². The number of carbonyl (C=O) groups is 1. The molecule has 0 aromatic heterocycles. The normalized spacial score (nSPS) is 19.2. The highest BCUT2D eigenvalue weighted by molar-refractivity contribution is 5.64. The zero-order chi connectivity index (χ0) is 7.40. The first-order chi connectivity index (χ1) is 4.79. The van der Waals surface area contributed by atoms with Gasteiger partial charge in [0.25, 0.3) is 0 Å². The van der Waals surface area contributed by atoms with Gasteiger partial charge in [0.1, 0.15) is 0 Å². The third kappa shape index (κ3) is 2.23. The van der Waals surface area contributed by atoms with Gasteiger partial charge in [0, 0.05) is 0 Å². The Morgan fingerprint density at radius 2 is 2.10 bits per heavy atom. The first-order valence-corrected chi connectivity index (χ1v) is 3.48. The van der Waals surface area contributed by atoms with Crippen LogP contribution in [0.1, 0.15) is 12.8 Å². The van der Waals surface area contributed by atoms with Gasteiger partial charge < -0.3 is 10.4 Å². The molecule has 0 atom stereocenters. The Balaban J connectivity index is 2.07. The molecule has 2 N–H and O–H groups in total. The molecule has 0 saturated carbocycles. The third-order valence-electron chi connectivity index (χ3n) is 1.65. The van der Waals surface area contributed by atoms with Crippen LogP contribution in [0.3, 0.4) is 0 Å². The van der Waals surface area contributed by atoms with Crippen molar-refractivity contribution in [3.05, 3.63) is 0 Å². The number of nitrogens with one attached hydrogen (secondary N) is 1. The summed E-state index contributed by atoms with van der Waals surface area (Å²) in [5.41, 5.74) is 0. The average molecular weight is 144 g/mol. The fourth-order valence-electron chi connectivity index (χ4n) is 1.12. The predicted molar refractivity (Wildman–Crippen MR) is 36.8 cm³/mol. The lowest BCUT2D eigenvalue weighted by atomic mass is 10.4. The van der Waals surface area contributed by atoms with E-state index in [1.54, 1.807) is 0 Å². The maximum absolute atomic E-state index is 10.0. The van der Waals surface area contributed by atoms with E-state index in [0.717, 1.165) is 13.1 Å². The topological polar surface area (TPSA) is 52.6 Å². The van der Waals surface area contributed by atoms with Gasteiger partial charge in [-0.3, -0.25) is 4.90 Å². The Morgan fingerprint density at radius 3 is 2.60 bits per heavy atom. The van der Waals surface area contributed by atoms with Crippen LogP contribution in [0.15, 0.2) is 0 Å². The van der Waals surface area contributed by atoms with Crippen LogP contribution >= 0.6 is 0 Å². The molecule has 1 heterocycles. The molecule has 1 rings (SSSR count). The van der Waals surface area contributed by atoms with Crippen molar-refractivity contribution in [2.75, 3.05) is 19.8 Å². The van der Waals surface area contributed by atoms with Gasteiger partial charge in [-0.2, -0.15) is 0 Å². The summed E-state index contributed by atoms with van der Waals surface area (Å²) in [6, 6.07) is 0. The molecule has 1 aliphatic rings. The van der Waals surface area contributed by atoms with E-state index < -0.39 is 6.09 Å². The summed E-state index contributed by atoms with van der Waals surface area (Å²) in [5.74, 6) is 0. The first kappa shape index (κ1) is 7.34. The molecule has 0 aliphatic carbocycles. The van der Waals surface area contributed by atoms with Gasteiger partial charge in [-0.05, 0) is 25.9 Å². The molecule has 0 unspecified atom stereocenters. The van der Waals surface area contributed by atoms with Gasteiger partial charge in [-0.1, -0.05) is 0 Å². The zero-order valence-electron chi connectivity index (χ0n) is 5.84. The van der Waals surface area contributed by atoms with Crippen molar-refractivity contribution in [2.24, 2.45) is 0 Å². The molecule has 1 amide bonds. The minimum Gasteiger partial charge on any atom is -0.465 e. The summed E-state index contributed by atoms with van der Waals surface area (Å²) >= 11 is 0. The van der Waals surface area contributed by atoms with Crippen LogP contribution < -0.4 is 5.32 Å². The second-order valence-electron chi connectivity index (χ2n) is 2.47. The maximum atomic E-state index is 10.0. The smallest absolute Gasteiger partial charge is 0.405 e. The van der Waals surface area contributed by atoms with Crippen molar-refractivity contribution in [1.82, 2.24) is 10.2 Å². The Morgan fingerprint density at radius 1 is 1.50 bits per heavy atom. The van der Waals surface area contributed by atoms with Crippen molar-refractivity contribution < 1.29 is 9.90 Å². The molecule has 10 heavy (non-hydrogen) atoms. The monoisotopic (exact) mass is 144 g/mol. The lowest BCUT2D eigenvalue weighted by Gasteiger charge is -2.12. The molecule has 4 heteroatoms. The molecular weight excluding hydrogens is 132 g/mol. The summed E-state index contributed by atoms with van der Waals surface area (Å²) in [4.78, 5) is 12.1. The molecule has 0 aromatic rings. The number of hydrogen-bond acceptors (Lipinski definition) is 2. The second-order valence-corrected chi connectivity index (χ2v) is 2.47. The summed E-state index contributed by atoms with van der Waals surface area (Å²) in [6.07, 6.45) is 1.45. The van der Waals surface area contributed by atoms with E-state index in [4.69, 9.17) is 5.11 Å². The third-order valence-corrected chi connectivity index (χ3v) is 1.65. The van der Waals surface area contributed by atoms with E-state index in [0.29, 0.717) is 6.67 Å². The summed E-state index contributed by atoms with van der Waals surface area (Å²) in [5, 5.41) is 10.6. The molecule has 1 aliphatic heterocycles. The summed E-state index contributed by atoms with van der Waals surface area (Å²) in [7, 11) is 0. The molecule has 1 saturated heterocycles. The molecule has 4 nitrogen and oxygen atoms in total. The molecule has 0 spiro atoms. The van der Waals surface area contributed by atoms with Crippen LogP contribution in [0.4, 0.5) is 4.79 Å². The van der Waals surface area contributed by atoms with Crippen molar-refractivity contribution in [3.8, 4) is 0 Å². The van der Waals surface area contributed by atoms with Crippen LogP contribution in [0.5, 0.6) is 0 Å². The molecule has 0 bridgehead atoms. The van der Waals surface area contributed by atoms with E-state index >= 15 is 0 Å². The van der Waals surface area contributed by atoms with Crippen molar-refractivity contribution in [3.63, 3.8) is 0 Å². The first-order valence-electron chi connectivity index (χ1n) is 3.48. The number of hydrogen-bond donors (Lipinski definition) is 2. The number of likely N-dealkylation sites (tertiary alicyclic amines) is 1.